The van der Waals surface area contributed by atoms with Crippen LogP contribution in [0.15, 0.2) is 30.6 Å². The highest BCUT2D eigenvalue weighted by molar-refractivity contribution is 5.90. The summed E-state index contributed by atoms with van der Waals surface area (Å²) in [6.45, 7) is 1.58. The van der Waals surface area contributed by atoms with Gasteiger partial charge in [-0.25, -0.2) is 9.78 Å². The first-order valence-corrected chi connectivity index (χ1v) is 8.54. The second-order valence-corrected chi connectivity index (χ2v) is 6.13. The standard InChI is InChI=1S/C18H20N4O5/c1-2-16(23)21-11-4-3-5-12(6-11)27-9-17(24)22-8-14-13(19-10-20-14)7-15(22)18(25)26/h3-6,10,15H,2,7-9H2,1H3,(H,19,20)(H,21,23)(H,25,26)/t15-/m0/s1. The van der Waals surface area contributed by atoms with E-state index in [0.717, 1.165) is 5.69 Å². The van der Waals surface area contributed by atoms with Crippen molar-refractivity contribution in [2.75, 3.05) is 11.9 Å². The molecule has 3 rings (SSSR count). The number of H-pyrrole nitrogens is 1. The quantitative estimate of drug-likeness (QED) is 0.699. The van der Waals surface area contributed by atoms with Crippen molar-refractivity contribution in [3.05, 3.63) is 42.0 Å². The Morgan fingerprint density at radius 2 is 2.22 bits per heavy atom. The van der Waals surface area contributed by atoms with Crippen LogP contribution in [0.3, 0.4) is 0 Å². The molecule has 9 nitrogen and oxygen atoms in total. The van der Waals surface area contributed by atoms with Gasteiger partial charge in [-0.1, -0.05) is 13.0 Å². The normalized spacial score (nSPS) is 15.7. The fraction of sp³-hybridized carbons (Fsp3) is 0.333. The highest BCUT2D eigenvalue weighted by Crippen LogP contribution is 2.22. The second kappa shape index (κ2) is 7.90. The third kappa shape index (κ3) is 4.25. The molecule has 1 aromatic heterocycles. The molecule has 0 saturated carbocycles. The smallest absolute Gasteiger partial charge is 0.326 e. The van der Waals surface area contributed by atoms with E-state index in [-0.39, 0.29) is 25.5 Å². The number of nitrogens with one attached hydrogen (secondary N) is 2. The van der Waals surface area contributed by atoms with Crippen molar-refractivity contribution in [2.24, 2.45) is 0 Å². The third-order valence-electron chi connectivity index (χ3n) is 4.31. The van der Waals surface area contributed by atoms with Crippen LogP contribution in [-0.4, -0.2) is 50.4 Å². The molecule has 1 aliphatic rings. The van der Waals surface area contributed by atoms with Crippen molar-refractivity contribution < 1.29 is 24.2 Å². The molecule has 0 bridgehead atoms. The molecule has 142 valence electrons. The number of carboxylic acids is 1. The average molecular weight is 372 g/mol. The topological polar surface area (TPSA) is 125 Å². The number of anilines is 1. The lowest BCUT2D eigenvalue weighted by Gasteiger charge is -2.32. The van der Waals surface area contributed by atoms with Gasteiger partial charge >= 0.3 is 5.97 Å². The maximum absolute atomic E-state index is 12.6. The Labute approximate surface area is 155 Å². The van der Waals surface area contributed by atoms with E-state index in [1.54, 1.807) is 31.2 Å². The fourth-order valence-corrected chi connectivity index (χ4v) is 2.86. The zero-order chi connectivity index (χ0) is 19.4. The van der Waals surface area contributed by atoms with E-state index >= 15 is 0 Å². The van der Waals surface area contributed by atoms with Gasteiger partial charge in [0.15, 0.2) is 6.61 Å². The van der Waals surface area contributed by atoms with Gasteiger partial charge in [-0.3, -0.25) is 9.59 Å². The largest absolute Gasteiger partial charge is 0.484 e. The molecule has 0 unspecified atom stereocenters. The molecule has 9 heteroatoms. The minimum atomic E-state index is -1.08. The van der Waals surface area contributed by atoms with Crippen LogP contribution in [0, 0.1) is 0 Å². The number of hydrogen-bond acceptors (Lipinski definition) is 5. The lowest BCUT2D eigenvalue weighted by atomic mass is 10.0. The van der Waals surface area contributed by atoms with Gasteiger partial charge in [0.2, 0.25) is 5.91 Å². The van der Waals surface area contributed by atoms with Crippen molar-refractivity contribution >= 4 is 23.5 Å². The molecule has 27 heavy (non-hydrogen) atoms. The Bertz CT molecular complexity index is 863. The summed E-state index contributed by atoms with van der Waals surface area (Å²) in [6.07, 6.45) is 1.99. The highest BCUT2D eigenvalue weighted by atomic mass is 16.5. The number of hydrogen-bond donors (Lipinski definition) is 3. The number of nitrogens with zero attached hydrogens (tertiary/aromatic N) is 2. The molecule has 3 N–H and O–H groups in total. The number of amides is 2. The van der Waals surface area contributed by atoms with Crippen LogP contribution >= 0.6 is 0 Å². The number of aliphatic carboxylic acids is 1. The molecule has 1 atom stereocenters. The van der Waals surface area contributed by atoms with Gasteiger partial charge in [0, 0.05) is 24.6 Å². The van der Waals surface area contributed by atoms with E-state index in [2.05, 4.69) is 15.3 Å². The Balaban J connectivity index is 1.65. The molecule has 2 aromatic rings. The predicted octanol–water partition coefficient (Wildman–Crippen LogP) is 1.18. The van der Waals surface area contributed by atoms with Gasteiger partial charge in [-0.15, -0.1) is 0 Å². The summed E-state index contributed by atoms with van der Waals surface area (Å²) >= 11 is 0. The first-order valence-electron chi connectivity index (χ1n) is 8.54. The van der Waals surface area contributed by atoms with Crippen LogP contribution in [0.2, 0.25) is 0 Å². The Hall–Kier alpha value is -3.36. The van der Waals surface area contributed by atoms with Gasteiger partial charge in [0.25, 0.3) is 5.91 Å². The number of ether oxygens (including phenoxy) is 1. The Morgan fingerprint density at radius 1 is 1.41 bits per heavy atom. The number of carbonyl (C=O) groups excluding carboxylic acids is 2. The van der Waals surface area contributed by atoms with Crippen LogP contribution in [0.5, 0.6) is 5.75 Å². The number of benzene rings is 1. The molecule has 0 spiro atoms. The number of fused-ring (bicyclic) bond motifs is 1. The van der Waals surface area contributed by atoms with Crippen molar-refractivity contribution in [3.63, 3.8) is 0 Å². The first kappa shape index (κ1) is 18.4. The minimum Gasteiger partial charge on any atom is -0.484 e. The van der Waals surface area contributed by atoms with Crippen LogP contribution < -0.4 is 10.1 Å². The van der Waals surface area contributed by atoms with Crippen LogP contribution in [0.25, 0.3) is 0 Å². The van der Waals surface area contributed by atoms with Crippen molar-refractivity contribution in [2.45, 2.75) is 32.4 Å². The number of carbonyl (C=O) groups is 3. The first-order chi connectivity index (χ1) is 13.0. The summed E-state index contributed by atoms with van der Waals surface area (Å²) < 4.78 is 5.51. The maximum Gasteiger partial charge on any atom is 0.326 e. The van der Waals surface area contributed by atoms with E-state index in [1.807, 2.05) is 0 Å². The zero-order valence-corrected chi connectivity index (χ0v) is 14.8. The Morgan fingerprint density at radius 3 is 2.96 bits per heavy atom. The fourth-order valence-electron chi connectivity index (χ4n) is 2.86. The maximum atomic E-state index is 12.6. The third-order valence-corrected chi connectivity index (χ3v) is 4.31. The summed E-state index contributed by atoms with van der Waals surface area (Å²) in [5, 5.41) is 12.1. The van der Waals surface area contributed by atoms with Crippen LogP contribution in [-0.2, 0) is 27.3 Å². The van der Waals surface area contributed by atoms with Gasteiger partial charge in [0.05, 0.1) is 24.3 Å². The van der Waals surface area contributed by atoms with Crippen molar-refractivity contribution in [1.29, 1.82) is 0 Å². The van der Waals surface area contributed by atoms with E-state index in [0.29, 0.717) is 23.6 Å². The lowest BCUT2D eigenvalue weighted by Crippen LogP contribution is -2.50. The molecular formula is C18H20N4O5. The molecule has 0 fully saturated rings. The molecule has 2 heterocycles. The molecule has 1 aromatic carbocycles. The molecular weight excluding hydrogens is 352 g/mol. The van der Waals surface area contributed by atoms with Gasteiger partial charge in [-0.2, -0.15) is 0 Å². The van der Waals surface area contributed by atoms with E-state index in [4.69, 9.17) is 4.74 Å². The predicted molar refractivity (Wildman–Crippen MR) is 95.1 cm³/mol. The van der Waals surface area contributed by atoms with Crippen molar-refractivity contribution in [3.8, 4) is 5.75 Å². The summed E-state index contributed by atoms with van der Waals surface area (Å²) in [4.78, 5) is 43.9. The number of rotatable bonds is 6. The van der Waals surface area contributed by atoms with Crippen molar-refractivity contribution in [1.82, 2.24) is 14.9 Å². The Kier molecular flexibility index (Phi) is 5.39. The number of carboxylic acid groups (broad SMARTS) is 1. The van der Waals surface area contributed by atoms with Gasteiger partial charge in [-0.05, 0) is 12.1 Å². The molecule has 2 amide bonds. The number of aromatic nitrogens is 2. The SMILES string of the molecule is CCC(=O)Nc1cccc(OCC(=O)N2Cc3[nH]cnc3C[C@H]2C(=O)O)c1. The number of imidazole rings is 1. The number of aromatic amines is 1. The molecule has 0 aliphatic carbocycles. The molecule has 0 saturated heterocycles. The summed E-state index contributed by atoms with van der Waals surface area (Å²) in [5.41, 5.74) is 1.95. The summed E-state index contributed by atoms with van der Waals surface area (Å²) in [5.74, 6) is -1.24. The lowest BCUT2D eigenvalue weighted by molar-refractivity contribution is -0.152. The highest BCUT2D eigenvalue weighted by Gasteiger charge is 2.36. The monoisotopic (exact) mass is 372 g/mol. The van der Waals surface area contributed by atoms with Gasteiger partial charge < -0.3 is 25.0 Å². The van der Waals surface area contributed by atoms with Gasteiger partial charge in [0.1, 0.15) is 11.8 Å². The molecule has 0 radical (unpaired) electrons. The van der Waals surface area contributed by atoms with Crippen LogP contribution in [0.1, 0.15) is 24.7 Å². The summed E-state index contributed by atoms with van der Waals surface area (Å²) in [7, 11) is 0. The van der Waals surface area contributed by atoms with E-state index in [9.17, 15) is 19.5 Å². The second-order valence-electron chi connectivity index (χ2n) is 6.13. The molecule has 1 aliphatic heterocycles. The minimum absolute atomic E-state index is 0.129. The zero-order valence-electron chi connectivity index (χ0n) is 14.8. The average Bonchev–Trinajstić information content (AvgIpc) is 3.12. The van der Waals surface area contributed by atoms with E-state index in [1.165, 1.54) is 11.2 Å². The summed E-state index contributed by atoms with van der Waals surface area (Å²) in [6, 6.07) is 5.70. The van der Waals surface area contributed by atoms with E-state index < -0.39 is 17.9 Å². The van der Waals surface area contributed by atoms with Crippen LogP contribution in [0.4, 0.5) is 5.69 Å².